The smallest absolute Gasteiger partial charge is 0.409 e. The van der Waals surface area contributed by atoms with Gasteiger partial charge < -0.3 is 18.9 Å². The van der Waals surface area contributed by atoms with Crippen LogP contribution in [-0.4, -0.2) is 35.5 Å². The normalized spacial score (nSPS) is 13.0. The number of pyridine rings is 1. The Kier molecular flexibility index (Phi) is 10.9. The van der Waals surface area contributed by atoms with Gasteiger partial charge >= 0.3 is 14.0 Å². The number of fused-ring (bicyclic) bond motifs is 4. The number of anilines is 5. The third kappa shape index (κ3) is 6.88. The van der Waals surface area contributed by atoms with Crippen LogP contribution in [0.4, 0.5) is 28.6 Å². The molecule has 2 aliphatic heterocycles. The van der Waals surface area contributed by atoms with Crippen LogP contribution in [0.3, 0.4) is 0 Å². The van der Waals surface area contributed by atoms with Crippen molar-refractivity contribution < 1.29 is 20.1 Å². The van der Waals surface area contributed by atoms with Crippen molar-refractivity contribution in [2.24, 2.45) is 0 Å². The molecule has 0 aliphatic carbocycles. The predicted octanol–water partition coefficient (Wildman–Crippen LogP) is 9.14. The average molecular weight is 909 g/mol. The summed E-state index contributed by atoms with van der Waals surface area (Å²) >= 11 is 0. The molecule has 5 aromatic carbocycles. The van der Waals surface area contributed by atoms with Crippen LogP contribution in [0, 0.1) is 39.8 Å². The van der Waals surface area contributed by atoms with Gasteiger partial charge in [-0.25, -0.2) is 4.98 Å². The molecule has 4 heterocycles. The van der Waals surface area contributed by atoms with Gasteiger partial charge in [0.05, 0.1) is 0 Å². The summed E-state index contributed by atoms with van der Waals surface area (Å²) in [6.45, 7) is 15.6. The van der Waals surface area contributed by atoms with Crippen molar-refractivity contribution in [1.29, 1.82) is 0 Å². The molecule has 0 N–H and O–H groups in total. The Morgan fingerprint density at radius 2 is 1.21 bits per heavy atom. The molecule has 0 unspecified atom stereocenters. The predicted molar refractivity (Wildman–Crippen MR) is 232 cm³/mol. The van der Waals surface area contributed by atoms with E-state index in [0.29, 0.717) is 0 Å². The first-order valence-corrected chi connectivity index (χ1v) is 19.0. The number of para-hydroxylation sites is 2. The van der Waals surface area contributed by atoms with Gasteiger partial charge in [-0.15, -0.1) is 30.3 Å². The molecule has 2 aromatic heterocycles. The Morgan fingerprint density at radius 3 is 1.86 bits per heavy atom. The van der Waals surface area contributed by atoms with Crippen LogP contribution >= 0.6 is 0 Å². The minimum Gasteiger partial charge on any atom is -0.436 e. The first-order valence-electron chi connectivity index (χ1n) is 19.0. The van der Waals surface area contributed by atoms with Crippen molar-refractivity contribution in [2.75, 3.05) is 21.5 Å². The standard InChI is InChI=1S/C29H29BN3.C18H17BN3.Ir/c1-21-12-11-13-22(2)28(21)30-32(24-14-7-6-8-15-24)25-16-9-10-17-26(25)33(30)27-20-23(18-19-31-27)29(3,4)5;1-13-7-6-8-14(2)17(13)19-21(3)16-10-5-4-9-15(16)18-20-11-12-22(18)19;/h6-16,18-20H,1-5H3;4-8,10-12H,1-3H3;/q2*-1;. The van der Waals surface area contributed by atoms with Gasteiger partial charge in [-0.05, 0) is 80.9 Å². The van der Waals surface area contributed by atoms with Crippen LogP contribution in [0.5, 0.6) is 0 Å². The molecule has 7 aromatic rings. The van der Waals surface area contributed by atoms with Crippen molar-refractivity contribution in [3.8, 4) is 11.4 Å². The van der Waals surface area contributed by atoms with Crippen molar-refractivity contribution in [3.63, 3.8) is 0 Å². The van der Waals surface area contributed by atoms with Crippen LogP contribution in [0.2, 0.25) is 0 Å². The van der Waals surface area contributed by atoms with E-state index in [0.717, 1.165) is 34.3 Å². The summed E-state index contributed by atoms with van der Waals surface area (Å²) in [5.74, 6) is 1.93. The van der Waals surface area contributed by atoms with E-state index in [-0.39, 0.29) is 39.5 Å². The molecule has 0 amide bonds. The van der Waals surface area contributed by atoms with Crippen LogP contribution < -0.4 is 25.4 Å². The van der Waals surface area contributed by atoms with E-state index in [4.69, 9.17) is 4.98 Å². The van der Waals surface area contributed by atoms with Gasteiger partial charge in [0.25, 0.3) is 0 Å². The summed E-state index contributed by atoms with van der Waals surface area (Å²) < 4.78 is 2.24. The molecular weight excluding hydrogens is 862 g/mol. The maximum Gasteiger partial charge on any atom is 0.409 e. The second-order valence-corrected chi connectivity index (χ2v) is 15.7. The van der Waals surface area contributed by atoms with E-state index in [2.05, 4.69) is 195 Å². The van der Waals surface area contributed by atoms with Gasteiger partial charge in [0.1, 0.15) is 5.82 Å². The Balaban J connectivity index is 0.000000182. The summed E-state index contributed by atoms with van der Waals surface area (Å²) in [7, 11) is 2.14. The molecular formula is C47H46B2IrN6-2. The zero-order valence-electron chi connectivity index (χ0n) is 33.4. The number of hydrogen-bond donors (Lipinski definition) is 0. The second kappa shape index (κ2) is 15.6. The van der Waals surface area contributed by atoms with Crippen LogP contribution in [-0.2, 0) is 25.5 Å². The molecule has 0 saturated carbocycles. The third-order valence-corrected chi connectivity index (χ3v) is 11.0. The number of rotatable bonds is 4. The summed E-state index contributed by atoms with van der Waals surface area (Å²) in [6, 6.07) is 47.3. The topological polar surface area (TPSA) is 40.4 Å². The SMILES string of the molecule is Cc1cccc(C)c1B1N(C)c2ccc[c-]c2-c2nccn21.Cc1cccc(C)c1B1N(c2cc(C(C)(C)C)ccn2)c2[c-]cccc2N1c1ccccc1.[Ir]. The fourth-order valence-electron chi connectivity index (χ4n) is 8.28. The van der Waals surface area contributed by atoms with E-state index in [1.165, 1.54) is 44.4 Å². The summed E-state index contributed by atoms with van der Waals surface area (Å²) in [6.07, 6.45) is 5.87. The van der Waals surface area contributed by atoms with Crippen LogP contribution in [0.1, 0.15) is 48.6 Å². The fraction of sp³-hybridized carbons (Fsp3) is 0.191. The molecule has 1 radical (unpaired) electrons. The van der Waals surface area contributed by atoms with E-state index >= 15 is 0 Å². The molecule has 0 spiro atoms. The van der Waals surface area contributed by atoms with Crippen LogP contribution in [0.15, 0.2) is 134 Å². The number of nitrogens with zero attached hydrogens (tertiary/aromatic N) is 6. The Labute approximate surface area is 346 Å². The number of imidazole rings is 1. The molecule has 0 atom stereocenters. The number of aryl methyl sites for hydroxylation is 4. The van der Waals surface area contributed by atoms with E-state index in [9.17, 15) is 0 Å². The number of aromatic nitrogens is 3. The second-order valence-electron chi connectivity index (χ2n) is 15.7. The van der Waals surface area contributed by atoms with Gasteiger partial charge in [-0.3, -0.25) is 4.98 Å². The zero-order valence-corrected chi connectivity index (χ0v) is 35.8. The van der Waals surface area contributed by atoms with Crippen LogP contribution in [0.25, 0.3) is 11.4 Å². The molecule has 9 heteroatoms. The van der Waals surface area contributed by atoms with Crippen molar-refractivity contribution >= 4 is 53.5 Å². The number of benzene rings is 5. The van der Waals surface area contributed by atoms with Crippen molar-refractivity contribution in [2.45, 2.75) is 53.9 Å². The van der Waals surface area contributed by atoms with Gasteiger partial charge in [0.15, 0.2) is 0 Å². The first-order chi connectivity index (χ1) is 26.5. The fourth-order valence-corrected chi connectivity index (χ4v) is 8.28. The maximum absolute atomic E-state index is 4.88. The molecule has 6 nitrogen and oxygen atoms in total. The molecule has 281 valence electrons. The van der Waals surface area contributed by atoms with Crippen molar-refractivity contribution in [3.05, 3.63) is 174 Å². The van der Waals surface area contributed by atoms with Gasteiger partial charge in [-0.1, -0.05) is 120 Å². The molecule has 0 saturated heterocycles. The largest absolute Gasteiger partial charge is 0.436 e. The molecule has 2 aliphatic rings. The van der Waals surface area contributed by atoms with Gasteiger partial charge in [-0.2, -0.15) is 18.2 Å². The van der Waals surface area contributed by atoms with Crippen molar-refractivity contribution in [1.82, 2.24) is 14.4 Å². The molecule has 0 bridgehead atoms. The first kappa shape index (κ1) is 38.9. The minimum absolute atomic E-state index is 0. The van der Waals surface area contributed by atoms with E-state index in [1.54, 1.807) is 0 Å². The van der Waals surface area contributed by atoms with Gasteiger partial charge in [0.2, 0.25) is 0 Å². The molecule has 0 fully saturated rings. The zero-order chi connectivity index (χ0) is 38.4. The maximum atomic E-state index is 4.88. The Hall–Kier alpha value is -5.36. The molecule has 56 heavy (non-hydrogen) atoms. The quantitative estimate of drug-likeness (QED) is 0.130. The minimum atomic E-state index is -0.0648. The number of hydrogen-bond acceptors (Lipinski definition) is 5. The van der Waals surface area contributed by atoms with Gasteiger partial charge in [0, 0.05) is 50.2 Å². The van der Waals surface area contributed by atoms with E-state index in [1.807, 2.05) is 30.6 Å². The summed E-state index contributed by atoms with van der Waals surface area (Å²) in [5, 5.41) is 0. The summed E-state index contributed by atoms with van der Waals surface area (Å²) in [5.41, 5.74) is 14.7. The summed E-state index contributed by atoms with van der Waals surface area (Å²) in [4.78, 5) is 16.5. The third-order valence-electron chi connectivity index (χ3n) is 11.0. The van der Waals surface area contributed by atoms with E-state index < -0.39 is 0 Å². The monoisotopic (exact) mass is 909 g/mol. The molecule has 9 rings (SSSR count). The Morgan fingerprint density at radius 1 is 0.607 bits per heavy atom. The average Bonchev–Trinajstić information content (AvgIpc) is 3.80. The Bertz CT molecular complexity index is 2450.